The van der Waals surface area contributed by atoms with Crippen LogP contribution in [-0.2, 0) is 48.8 Å². The van der Waals surface area contributed by atoms with Gasteiger partial charge in [0.1, 0.15) is 11.2 Å². The van der Waals surface area contributed by atoms with E-state index < -0.39 is 11.2 Å². The number of carbonyl (C=O) groups is 2. The summed E-state index contributed by atoms with van der Waals surface area (Å²) in [6, 6.07) is 11.7. The van der Waals surface area contributed by atoms with Crippen LogP contribution >= 0.6 is 0 Å². The molecule has 4 rings (SSSR count). The minimum absolute atomic E-state index is 0.0275. The summed E-state index contributed by atoms with van der Waals surface area (Å²) in [5, 5.41) is 12.6. The van der Waals surface area contributed by atoms with Crippen molar-refractivity contribution in [1.29, 1.82) is 0 Å². The molecule has 2 heterocycles. The molecule has 10 heteroatoms. The molecule has 204 valence electrons. The second-order valence-electron chi connectivity index (χ2n) is 11.4. The maximum atomic E-state index is 12.0. The van der Waals surface area contributed by atoms with Gasteiger partial charge in [-0.3, -0.25) is 9.80 Å². The predicted octanol–water partition coefficient (Wildman–Crippen LogP) is 6.18. The van der Waals surface area contributed by atoms with Gasteiger partial charge in [0.05, 0.1) is 13.2 Å². The van der Waals surface area contributed by atoms with Gasteiger partial charge in [0.25, 0.3) is 0 Å². The molecule has 0 spiro atoms. The number of amides is 2. The number of benzene rings is 2. The first-order valence-electron chi connectivity index (χ1n) is 12.6. The number of carbonyl (C=O) groups excluding carboxylic acids is 2. The van der Waals surface area contributed by atoms with Crippen molar-refractivity contribution in [3.05, 3.63) is 80.2 Å². The van der Waals surface area contributed by atoms with Gasteiger partial charge in [-0.1, -0.05) is 41.5 Å². The number of hydrogen-bond donors (Lipinski definition) is 1. The molecule has 38 heavy (non-hydrogen) atoms. The zero-order chi connectivity index (χ0) is 28.1. The van der Waals surface area contributed by atoms with Gasteiger partial charge in [-0.15, -0.1) is 0 Å². The zero-order valence-electron chi connectivity index (χ0n) is 23.0. The topological polar surface area (TPSA) is 128 Å². The van der Waals surface area contributed by atoms with Crippen LogP contribution in [0.15, 0.2) is 41.5 Å². The molecule has 0 aliphatic carbocycles. The van der Waals surface area contributed by atoms with Crippen molar-refractivity contribution < 1.29 is 24.2 Å². The van der Waals surface area contributed by atoms with Crippen molar-refractivity contribution in [2.45, 2.75) is 92.1 Å². The van der Waals surface area contributed by atoms with Crippen LogP contribution in [0.25, 0.3) is 10.4 Å². The summed E-state index contributed by atoms with van der Waals surface area (Å²) in [6.07, 6.45) is -0.588. The Morgan fingerprint density at radius 2 is 1.24 bits per heavy atom. The first-order chi connectivity index (χ1) is 17.8. The lowest BCUT2D eigenvalue weighted by Gasteiger charge is -2.24. The average molecular weight is 524 g/mol. The van der Waals surface area contributed by atoms with Gasteiger partial charge in [-0.2, -0.15) is 0 Å². The normalized spacial score (nSPS) is 14.1. The lowest BCUT2D eigenvalue weighted by Crippen LogP contribution is -2.33. The molecule has 2 aliphatic heterocycles. The van der Waals surface area contributed by atoms with Gasteiger partial charge in [0.15, 0.2) is 0 Å². The van der Waals surface area contributed by atoms with Crippen LogP contribution in [0.1, 0.15) is 74.9 Å². The van der Waals surface area contributed by atoms with E-state index in [1.54, 1.807) is 9.80 Å². The van der Waals surface area contributed by atoms with E-state index in [1.807, 2.05) is 77.9 Å². The van der Waals surface area contributed by atoms with Crippen LogP contribution in [-0.4, -0.2) is 38.3 Å². The zero-order valence-corrected chi connectivity index (χ0v) is 23.0. The molecule has 2 aromatic carbocycles. The van der Waals surface area contributed by atoms with Crippen LogP contribution in [0.4, 0.5) is 9.59 Å². The highest BCUT2D eigenvalue weighted by Crippen LogP contribution is 2.27. The van der Waals surface area contributed by atoms with Crippen molar-refractivity contribution >= 4 is 12.2 Å². The van der Waals surface area contributed by atoms with Gasteiger partial charge in [0.2, 0.25) is 0 Å². The molecule has 0 aromatic heterocycles. The molecule has 2 amide bonds. The lowest BCUT2D eigenvalue weighted by atomic mass is 10.1. The minimum Gasteiger partial charge on any atom is -0.444 e. The van der Waals surface area contributed by atoms with Crippen LogP contribution in [0, 0.1) is 0 Å². The van der Waals surface area contributed by atoms with Gasteiger partial charge in [0, 0.05) is 31.1 Å². The Balaban J connectivity index is 0.000000212. The van der Waals surface area contributed by atoms with E-state index in [9.17, 15) is 9.59 Å². The standard InChI is InChI=1S/C14H18N4O2.C14H19NO3/c1-14(2,3)20-13(19)18-8-11-5-4-10(7-16-17-15)6-12(11)9-18;1-14(2,3)18-13(17)15-7-11-5-4-10(9-16)6-12(11)8-15/h4-6H,7-9H2,1-3H3;4-6,16H,7-9H2,1-3H3. The molecule has 0 saturated heterocycles. The van der Waals surface area contributed by atoms with Crippen molar-refractivity contribution in [2.24, 2.45) is 5.11 Å². The number of hydrogen-bond acceptors (Lipinski definition) is 6. The summed E-state index contributed by atoms with van der Waals surface area (Å²) in [6.45, 7) is 13.7. The van der Waals surface area contributed by atoms with Crippen molar-refractivity contribution in [1.82, 2.24) is 9.80 Å². The van der Waals surface area contributed by atoms with Gasteiger partial charge in [-0.05, 0) is 80.5 Å². The summed E-state index contributed by atoms with van der Waals surface area (Å²) in [5.74, 6) is 0. The van der Waals surface area contributed by atoms with Crippen molar-refractivity contribution in [3.63, 3.8) is 0 Å². The van der Waals surface area contributed by atoms with E-state index in [-0.39, 0.29) is 18.8 Å². The monoisotopic (exact) mass is 523 g/mol. The smallest absolute Gasteiger partial charge is 0.410 e. The molecule has 0 bridgehead atoms. The van der Waals surface area contributed by atoms with E-state index in [1.165, 1.54) is 0 Å². The second-order valence-corrected chi connectivity index (χ2v) is 11.4. The predicted molar refractivity (Wildman–Crippen MR) is 143 cm³/mol. The van der Waals surface area contributed by atoms with Gasteiger partial charge >= 0.3 is 12.2 Å². The molecule has 0 atom stereocenters. The molecular weight excluding hydrogens is 486 g/mol. The fourth-order valence-electron chi connectivity index (χ4n) is 4.12. The summed E-state index contributed by atoms with van der Waals surface area (Å²) >= 11 is 0. The summed E-state index contributed by atoms with van der Waals surface area (Å²) < 4.78 is 10.7. The van der Waals surface area contributed by atoms with Gasteiger partial charge < -0.3 is 14.6 Å². The molecular formula is C28H37N5O5. The largest absolute Gasteiger partial charge is 0.444 e. The lowest BCUT2D eigenvalue weighted by molar-refractivity contribution is 0.0232. The van der Waals surface area contributed by atoms with Gasteiger partial charge in [-0.25, -0.2) is 9.59 Å². The first-order valence-corrected chi connectivity index (χ1v) is 12.6. The number of rotatable bonds is 3. The van der Waals surface area contributed by atoms with Crippen LogP contribution in [0.3, 0.4) is 0 Å². The van der Waals surface area contributed by atoms with E-state index in [4.69, 9.17) is 20.1 Å². The molecule has 0 radical (unpaired) electrons. The number of ether oxygens (including phenoxy) is 2. The van der Waals surface area contributed by atoms with E-state index >= 15 is 0 Å². The number of aliphatic hydroxyl groups excluding tert-OH is 1. The van der Waals surface area contributed by atoms with Crippen LogP contribution in [0.2, 0.25) is 0 Å². The third-order valence-electron chi connectivity index (χ3n) is 5.79. The highest BCUT2D eigenvalue weighted by Gasteiger charge is 2.28. The number of fused-ring (bicyclic) bond motifs is 2. The Hall–Kier alpha value is -3.75. The minimum atomic E-state index is -0.488. The fourth-order valence-corrected chi connectivity index (χ4v) is 4.12. The molecule has 0 saturated carbocycles. The molecule has 10 nitrogen and oxygen atoms in total. The maximum absolute atomic E-state index is 12.0. The highest BCUT2D eigenvalue weighted by atomic mass is 16.6. The van der Waals surface area contributed by atoms with Crippen molar-refractivity contribution in [2.75, 3.05) is 0 Å². The number of nitrogens with zero attached hydrogens (tertiary/aromatic N) is 5. The Kier molecular flexibility index (Phi) is 8.91. The second kappa shape index (κ2) is 11.8. The Bertz CT molecular complexity index is 1230. The van der Waals surface area contributed by atoms with E-state index in [2.05, 4.69) is 10.0 Å². The number of azide groups is 1. The maximum Gasteiger partial charge on any atom is 0.410 e. The average Bonchev–Trinajstić information content (AvgIpc) is 3.44. The fraction of sp³-hybridized carbons (Fsp3) is 0.500. The summed E-state index contributed by atoms with van der Waals surface area (Å²) in [4.78, 5) is 30.1. The van der Waals surface area contributed by atoms with Crippen LogP contribution in [0.5, 0.6) is 0 Å². The van der Waals surface area contributed by atoms with E-state index in [0.29, 0.717) is 32.7 Å². The molecule has 2 aliphatic rings. The SMILES string of the molecule is CC(C)(C)OC(=O)N1Cc2ccc(CN=[N+]=[N-])cc2C1.CC(C)(C)OC(=O)N1Cc2ccc(CO)cc2C1. The Morgan fingerprint density at radius 1 is 0.816 bits per heavy atom. The quantitative estimate of drug-likeness (QED) is 0.292. The Labute approximate surface area is 223 Å². The van der Waals surface area contributed by atoms with Crippen molar-refractivity contribution in [3.8, 4) is 0 Å². The molecule has 1 N–H and O–H groups in total. The Morgan fingerprint density at radius 3 is 1.66 bits per heavy atom. The summed E-state index contributed by atoms with van der Waals surface area (Å²) in [5.41, 5.74) is 13.6. The number of aliphatic hydroxyl groups is 1. The first kappa shape index (κ1) is 28.8. The molecule has 2 aromatic rings. The highest BCUT2D eigenvalue weighted by molar-refractivity contribution is 5.70. The third kappa shape index (κ3) is 8.13. The third-order valence-corrected chi connectivity index (χ3v) is 5.79. The van der Waals surface area contributed by atoms with E-state index in [0.717, 1.165) is 33.4 Å². The molecule has 0 unspecified atom stereocenters. The molecule has 0 fully saturated rings. The van der Waals surface area contributed by atoms with Crippen LogP contribution < -0.4 is 0 Å². The summed E-state index contributed by atoms with van der Waals surface area (Å²) in [7, 11) is 0.